The number of allylic oxidation sites excluding steroid dienone is 1. The van der Waals surface area contributed by atoms with Gasteiger partial charge in [0.25, 0.3) is 0 Å². The van der Waals surface area contributed by atoms with Gasteiger partial charge in [0.15, 0.2) is 5.79 Å². The van der Waals surface area contributed by atoms with Gasteiger partial charge < -0.3 is 9.47 Å². The van der Waals surface area contributed by atoms with Gasteiger partial charge in [-0.3, -0.25) is 0 Å². The first-order valence-corrected chi connectivity index (χ1v) is 10.1. The molecule has 1 fully saturated rings. The monoisotopic (exact) mass is 276 g/mol. The molecule has 1 aromatic rings. The van der Waals surface area contributed by atoms with E-state index in [0.29, 0.717) is 0 Å². The first kappa shape index (κ1) is 14.5. The minimum absolute atomic E-state index is 0.358. The normalized spacial score (nSPS) is 19.1. The molecule has 0 spiro atoms. The van der Waals surface area contributed by atoms with Gasteiger partial charge in [0.1, 0.15) is 8.07 Å². The Morgan fingerprint density at radius 1 is 1.16 bits per heavy atom. The molecule has 0 bridgehead atoms. The zero-order chi connectivity index (χ0) is 13.8. The zero-order valence-electron chi connectivity index (χ0n) is 12.2. The van der Waals surface area contributed by atoms with Gasteiger partial charge in [0, 0.05) is 6.42 Å². The lowest BCUT2D eigenvalue weighted by Gasteiger charge is -2.22. The Balaban J connectivity index is 1.88. The molecule has 1 heterocycles. The van der Waals surface area contributed by atoms with Crippen molar-refractivity contribution in [2.45, 2.75) is 38.6 Å². The first-order chi connectivity index (χ1) is 9.02. The van der Waals surface area contributed by atoms with E-state index in [1.807, 2.05) is 6.92 Å². The lowest BCUT2D eigenvalue weighted by atomic mass is 10.2. The van der Waals surface area contributed by atoms with Crippen molar-refractivity contribution < 1.29 is 9.47 Å². The fourth-order valence-electron chi connectivity index (χ4n) is 2.39. The van der Waals surface area contributed by atoms with E-state index in [1.54, 1.807) is 0 Å². The summed E-state index contributed by atoms with van der Waals surface area (Å²) in [6, 6.07) is 10.8. The molecule has 2 rings (SSSR count). The molecule has 0 unspecified atom stereocenters. The molecule has 0 N–H and O–H groups in total. The third-order valence-corrected chi connectivity index (χ3v) is 6.61. The molecule has 1 aliphatic rings. The molecule has 1 aromatic carbocycles. The third-order valence-electron chi connectivity index (χ3n) is 3.72. The second-order valence-corrected chi connectivity index (χ2v) is 10.2. The lowest BCUT2D eigenvalue weighted by molar-refractivity contribution is -0.145. The van der Waals surface area contributed by atoms with Gasteiger partial charge in [-0.05, 0) is 13.3 Å². The Labute approximate surface area is 117 Å². The van der Waals surface area contributed by atoms with Crippen LogP contribution in [0.25, 0.3) is 0 Å². The van der Waals surface area contributed by atoms with Crippen molar-refractivity contribution in [1.29, 1.82) is 0 Å². The highest BCUT2D eigenvalue weighted by molar-refractivity contribution is 6.93. The summed E-state index contributed by atoms with van der Waals surface area (Å²) in [6.45, 7) is 8.24. The molecule has 0 aliphatic carbocycles. The van der Waals surface area contributed by atoms with E-state index >= 15 is 0 Å². The average Bonchev–Trinajstić information content (AvgIpc) is 2.83. The van der Waals surface area contributed by atoms with Gasteiger partial charge in [-0.1, -0.05) is 60.4 Å². The number of hydrogen-bond acceptors (Lipinski definition) is 2. The van der Waals surface area contributed by atoms with E-state index in [4.69, 9.17) is 9.47 Å². The van der Waals surface area contributed by atoms with Crippen LogP contribution in [0, 0.1) is 0 Å². The molecule has 3 heteroatoms. The second kappa shape index (κ2) is 6.03. The Bertz CT molecular complexity index is 420. The quantitative estimate of drug-likeness (QED) is 0.769. The molecule has 104 valence electrons. The molecule has 0 aromatic heterocycles. The number of benzene rings is 1. The van der Waals surface area contributed by atoms with E-state index < -0.39 is 8.07 Å². The van der Waals surface area contributed by atoms with Crippen LogP contribution in [-0.2, 0) is 9.47 Å². The minimum Gasteiger partial charge on any atom is -0.348 e. The summed E-state index contributed by atoms with van der Waals surface area (Å²) in [5.41, 5.74) is 2.42. The third kappa shape index (κ3) is 4.03. The van der Waals surface area contributed by atoms with Gasteiger partial charge in [0.2, 0.25) is 0 Å². The van der Waals surface area contributed by atoms with Gasteiger partial charge >= 0.3 is 0 Å². The Morgan fingerprint density at radius 3 is 2.42 bits per heavy atom. The van der Waals surface area contributed by atoms with Gasteiger partial charge in [-0.15, -0.1) is 0 Å². The van der Waals surface area contributed by atoms with Crippen molar-refractivity contribution in [3.8, 4) is 0 Å². The van der Waals surface area contributed by atoms with Crippen molar-refractivity contribution in [1.82, 2.24) is 0 Å². The van der Waals surface area contributed by atoms with Crippen LogP contribution in [0.4, 0.5) is 0 Å². The highest BCUT2D eigenvalue weighted by Gasteiger charge is 2.29. The van der Waals surface area contributed by atoms with Crippen LogP contribution in [0.3, 0.4) is 0 Å². The zero-order valence-corrected chi connectivity index (χ0v) is 13.2. The summed E-state index contributed by atoms with van der Waals surface area (Å²) in [5.74, 6) is -0.358. The maximum atomic E-state index is 5.61. The van der Waals surface area contributed by atoms with Crippen molar-refractivity contribution in [2.24, 2.45) is 0 Å². The molecular formula is C16H24O2Si. The predicted octanol–water partition coefficient (Wildman–Crippen LogP) is 3.24. The van der Waals surface area contributed by atoms with Crippen LogP contribution in [0.15, 0.2) is 42.1 Å². The maximum Gasteiger partial charge on any atom is 0.166 e. The topological polar surface area (TPSA) is 18.5 Å². The molecule has 1 aliphatic heterocycles. The van der Waals surface area contributed by atoms with E-state index in [1.165, 1.54) is 5.19 Å². The van der Waals surface area contributed by atoms with Crippen LogP contribution in [0.5, 0.6) is 0 Å². The molecule has 0 amide bonds. The summed E-state index contributed by atoms with van der Waals surface area (Å²) < 4.78 is 11.2. The van der Waals surface area contributed by atoms with Crippen molar-refractivity contribution in [2.75, 3.05) is 13.2 Å². The van der Waals surface area contributed by atoms with Crippen LogP contribution in [0.1, 0.15) is 19.8 Å². The van der Waals surface area contributed by atoms with E-state index in [2.05, 4.69) is 55.2 Å². The van der Waals surface area contributed by atoms with Gasteiger partial charge in [0.05, 0.1) is 13.2 Å². The van der Waals surface area contributed by atoms with E-state index in [9.17, 15) is 0 Å². The van der Waals surface area contributed by atoms with Gasteiger partial charge in [-0.2, -0.15) is 0 Å². The average molecular weight is 276 g/mol. The van der Waals surface area contributed by atoms with Crippen LogP contribution in [-0.4, -0.2) is 27.1 Å². The fourth-order valence-corrected chi connectivity index (χ4v) is 4.39. The SMILES string of the molecule is CC1(CC/C=C\[Si](C)(C)c2ccccc2)OCCO1. The van der Waals surface area contributed by atoms with E-state index in [-0.39, 0.29) is 5.79 Å². The molecule has 2 nitrogen and oxygen atoms in total. The Kier molecular flexibility index (Phi) is 4.61. The van der Waals surface area contributed by atoms with Crippen LogP contribution in [0.2, 0.25) is 13.1 Å². The first-order valence-electron chi connectivity index (χ1n) is 7.03. The van der Waals surface area contributed by atoms with Crippen molar-refractivity contribution in [3.05, 3.63) is 42.1 Å². The molecule has 19 heavy (non-hydrogen) atoms. The van der Waals surface area contributed by atoms with Crippen LogP contribution >= 0.6 is 0 Å². The smallest absolute Gasteiger partial charge is 0.166 e. The van der Waals surface area contributed by atoms with E-state index in [0.717, 1.165) is 26.1 Å². The molecule has 0 atom stereocenters. The molecule has 0 radical (unpaired) electrons. The second-order valence-electron chi connectivity index (χ2n) is 5.86. The summed E-state index contributed by atoms with van der Waals surface area (Å²) >= 11 is 0. The summed E-state index contributed by atoms with van der Waals surface area (Å²) in [5, 5.41) is 1.48. The molecule has 0 saturated carbocycles. The van der Waals surface area contributed by atoms with Crippen LogP contribution < -0.4 is 5.19 Å². The van der Waals surface area contributed by atoms with Gasteiger partial charge in [-0.25, -0.2) is 0 Å². The Hall–Kier alpha value is -0.903. The molecular weight excluding hydrogens is 252 g/mol. The number of rotatable bonds is 5. The standard InChI is InChI=1S/C16H24O2Si/c1-16(17-12-13-18-16)11-7-8-14-19(2,3)15-9-5-4-6-10-15/h4-6,8-10,14H,7,11-13H2,1-3H3/b14-8-. The highest BCUT2D eigenvalue weighted by Crippen LogP contribution is 2.24. The summed E-state index contributed by atoms with van der Waals surface area (Å²) in [4.78, 5) is 0. The predicted molar refractivity (Wildman–Crippen MR) is 82.2 cm³/mol. The highest BCUT2D eigenvalue weighted by atomic mass is 28.3. The summed E-state index contributed by atoms with van der Waals surface area (Å²) in [6.07, 6.45) is 4.25. The largest absolute Gasteiger partial charge is 0.348 e. The number of ether oxygens (including phenoxy) is 2. The number of hydrogen-bond donors (Lipinski definition) is 0. The Morgan fingerprint density at radius 2 is 1.79 bits per heavy atom. The lowest BCUT2D eigenvalue weighted by Crippen LogP contribution is -2.39. The fraction of sp³-hybridized carbons (Fsp3) is 0.500. The van der Waals surface area contributed by atoms with Crippen molar-refractivity contribution in [3.63, 3.8) is 0 Å². The maximum absolute atomic E-state index is 5.61. The molecule has 1 saturated heterocycles. The van der Waals surface area contributed by atoms with Crippen molar-refractivity contribution >= 4 is 13.3 Å². The summed E-state index contributed by atoms with van der Waals surface area (Å²) in [7, 11) is -1.44. The minimum atomic E-state index is -1.44.